The third kappa shape index (κ3) is 3.91. The van der Waals surface area contributed by atoms with Gasteiger partial charge in [0.05, 0.1) is 39.6 Å². The van der Waals surface area contributed by atoms with Crippen LogP contribution in [0.4, 0.5) is 0 Å². The van der Waals surface area contributed by atoms with E-state index in [9.17, 15) is 13.8 Å². The predicted octanol–water partition coefficient (Wildman–Crippen LogP) is -0.351. The average molecular weight is 397 g/mol. The molecule has 0 spiro atoms. The van der Waals surface area contributed by atoms with Crippen LogP contribution in [0.15, 0.2) is 26.1 Å². The molecule has 2 aromatic rings. The first-order valence-electron chi connectivity index (χ1n) is 7.99. The number of oxazole rings is 1. The van der Waals surface area contributed by atoms with E-state index < -0.39 is 28.2 Å². The molecule has 1 N–H and O–H groups in total. The molecule has 2 aromatic heterocycles. The zero-order valence-corrected chi connectivity index (χ0v) is 15.6. The van der Waals surface area contributed by atoms with E-state index in [0.29, 0.717) is 18.8 Å². The molecule has 1 aliphatic rings. The first-order valence-corrected chi connectivity index (χ1v) is 9.91. The van der Waals surface area contributed by atoms with Crippen molar-refractivity contribution < 1.29 is 28.1 Å². The van der Waals surface area contributed by atoms with Gasteiger partial charge in [-0.1, -0.05) is 0 Å². The van der Waals surface area contributed by atoms with E-state index >= 15 is 0 Å². The summed E-state index contributed by atoms with van der Waals surface area (Å²) in [5.74, 6) is -1.01. The maximum absolute atomic E-state index is 13.1. The summed E-state index contributed by atoms with van der Waals surface area (Å²) in [6.07, 6.45) is 3.84. The van der Waals surface area contributed by atoms with Crippen LogP contribution < -0.4 is 0 Å². The summed E-state index contributed by atoms with van der Waals surface area (Å²) in [4.78, 5) is 29.7. The fourth-order valence-electron chi connectivity index (χ4n) is 2.70. The predicted molar refractivity (Wildman–Crippen MR) is 91.0 cm³/mol. The number of aliphatic hydroxyl groups is 1. The maximum Gasteiger partial charge on any atom is 0.307 e. The molecule has 0 saturated heterocycles. The van der Waals surface area contributed by atoms with Gasteiger partial charge in [0.2, 0.25) is 11.8 Å². The van der Waals surface area contributed by atoms with Gasteiger partial charge < -0.3 is 19.2 Å². The Bertz CT molecular complexity index is 987. The Morgan fingerprint density at radius 3 is 2.93 bits per heavy atom. The molecule has 12 heteroatoms. The minimum absolute atomic E-state index is 0.0743. The Hall–Kier alpha value is -2.57. The third-order valence-electron chi connectivity index (χ3n) is 4.02. The van der Waals surface area contributed by atoms with Crippen molar-refractivity contribution in [1.29, 1.82) is 0 Å². The number of aliphatic hydroxyl groups excluding tert-OH is 1. The van der Waals surface area contributed by atoms with Crippen LogP contribution in [0.25, 0.3) is 0 Å². The summed E-state index contributed by atoms with van der Waals surface area (Å²) < 4.78 is 28.5. The monoisotopic (exact) mass is 397 g/mol. The van der Waals surface area contributed by atoms with Gasteiger partial charge >= 0.3 is 5.91 Å². The van der Waals surface area contributed by atoms with E-state index in [1.807, 2.05) is 0 Å². The van der Waals surface area contributed by atoms with E-state index in [0.717, 1.165) is 6.26 Å². The molecular weight excluding hydrogens is 378 g/mol. The molecule has 2 amide bonds. The van der Waals surface area contributed by atoms with Crippen molar-refractivity contribution in [1.82, 2.24) is 19.7 Å². The Morgan fingerprint density at radius 1 is 1.44 bits per heavy atom. The molecule has 0 saturated carbocycles. The molecule has 3 rings (SSSR count). The third-order valence-corrected chi connectivity index (χ3v) is 5.70. The number of carbonyl (C=O) groups is 2. The Kier molecular flexibility index (Phi) is 5.39. The van der Waals surface area contributed by atoms with Crippen molar-refractivity contribution in [2.24, 2.45) is 4.36 Å². The largest absolute Gasteiger partial charge is 0.446 e. The second-order valence-corrected chi connectivity index (χ2v) is 8.14. The minimum atomic E-state index is -3.14. The van der Waals surface area contributed by atoms with E-state index in [4.69, 9.17) is 14.3 Å². The van der Waals surface area contributed by atoms with Crippen LogP contribution in [0, 0.1) is 0 Å². The minimum Gasteiger partial charge on any atom is -0.446 e. The Labute approximate surface area is 155 Å². The number of rotatable bonds is 5. The number of hydrogen-bond donors (Lipinski definition) is 1. The highest BCUT2D eigenvalue weighted by Crippen LogP contribution is 2.23. The molecule has 1 unspecified atom stereocenters. The van der Waals surface area contributed by atoms with E-state index in [-0.39, 0.29) is 29.6 Å². The summed E-state index contributed by atoms with van der Waals surface area (Å²) in [7, 11) is -1.67. The number of amides is 2. The van der Waals surface area contributed by atoms with Crippen molar-refractivity contribution in [3.05, 3.63) is 29.7 Å². The highest BCUT2D eigenvalue weighted by molar-refractivity contribution is 7.93. The summed E-state index contributed by atoms with van der Waals surface area (Å²) in [6, 6.07) is 0. The van der Waals surface area contributed by atoms with Crippen LogP contribution in [0.3, 0.4) is 0 Å². The van der Waals surface area contributed by atoms with Crippen molar-refractivity contribution in [3.63, 3.8) is 0 Å². The van der Waals surface area contributed by atoms with E-state index in [1.54, 1.807) is 4.68 Å². The fourth-order valence-corrected chi connectivity index (χ4v) is 4.06. The van der Waals surface area contributed by atoms with Gasteiger partial charge in [-0.25, -0.2) is 9.19 Å². The van der Waals surface area contributed by atoms with Gasteiger partial charge in [-0.15, -0.1) is 0 Å². The molecule has 0 fully saturated rings. The highest BCUT2D eigenvalue weighted by Gasteiger charge is 2.27. The number of carbonyl (C=O) groups excluding carboxylic acids is 2. The van der Waals surface area contributed by atoms with Crippen LogP contribution in [-0.2, 0) is 39.0 Å². The number of nitrogens with zero attached hydrogens (tertiary/aromatic N) is 5. The molecule has 27 heavy (non-hydrogen) atoms. The molecule has 146 valence electrons. The number of methoxy groups -OCH3 is 1. The molecule has 11 nitrogen and oxygen atoms in total. The van der Waals surface area contributed by atoms with Crippen molar-refractivity contribution >= 4 is 21.5 Å². The van der Waals surface area contributed by atoms with Crippen molar-refractivity contribution in [2.45, 2.75) is 24.6 Å². The maximum atomic E-state index is 13.1. The number of fused-ring (bicyclic) bond motifs is 1. The van der Waals surface area contributed by atoms with Crippen molar-refractivity contribution in [2.75, 3.05) is 26.5 Å². The number of aromatic nitrogens is 3. The second-order valence-electron chi connectivity index (χ2n) is 5.91. The Balaban J connectivity index is 1.90. The topological polar surface area (TPSA) is 140 Å². The van der Waals surface area contributed by atoms with Gasteiger partial charge in [-0.05, 0) is 0 Å². The average Bonchev–Trinajstić information content (AvgIpc) is 3.27. The van der Waals surface area contributed by atoms with Gasteiger partial charge in [0.1, 0.15) is 19.5 Å². The lowest BCUT2D eigenvalue weighted by Gasteiger charge is -2.27. The molecule has 0 radical (unpaired) electrons. The van der Waals surface area contributed by atoms with Crippen molar-refractivity contribution in [3.8, 4) is 0 Å². The first-order chi connectivity index (χ1) is 12.9. The zero-order valence-electron chi connectivity index (χ0n) is 14.8. The summed E-state index contributed by atoms with van der Waals surface area (Å²) >= 11 is 0. The Morgan fingerprint density at radius 2 is 2.22 bits per heavy atom. The molecule has 0 aliphatic carbocycles. The SMILES string of the molecule is COCc1nc(C(=O)N=S(C)(=O)c2cnn3c2CN(C(=O)CO)CC3)co1. The molecule has 3 heterocycles. The summed E-state index contributed by atoms with van der Waals surface area (Å²) in [6.45, 7) is 0.402. The highest BCUT2D eigenvalue weighted by atomic mass is 32.2. The number of ether oxygens (including phenoxy) is 1. The van der Waals surface area contributed by atoms with Gasteiger partial charge in [0.25, 0.3) is 0 Å². The zero-order chi connectivity index (χ0) is 19.6. The van der Waals surface area contributed by atoms with Gasteiger partial charge in [-0.2, -0.15) is 9.46 Å². The fraction of sp³-hybridized carbons (Fsp3) is 0.467. The van der Waals surface area contributed by atoms with Gasteiger partial charge in [-0.3, -0.25) is 14.3 Å². The summed E-state index contributed by atoms with van der Waals surface area (Å²) in [5.41, 5.74) is 0.446. The molecule has 1 aliphatic heterocycles. The molecular formula is C15H19N5O6S. The number of hydrogen-bond acceptors (Lipinski definition) is 8. The van der Waals surface area contributed by atoms with Crippen LogP contribution in [0.1, 0.15) is 22.1 Å². The molecule has 1 atom stereocenters. The smallest absolute Gasteiger partial charge is 0.307 e. The van der Waals surface area contributed by atoms with Crippen LogP contribution in [0.5, 0.6) is 0 Å². The first kappa shape index (κ1) is 19.2. The normalized spacial score (nSPS) is 15.9. The van der Waals surface area contributed by atoms with Crippen LogP contribution >= 0.6 is 0 Å². The van der Waals surface area contributed by atoms with Gasteiger partial charge in [0.15, 0.2) is 5.69 Å². The van der Waals surface area contributed by atoms with Crippen LogP contribution in [0.2, 0.25) is 0 Å². The van der Waals surface area contributed by atoms with E-state index in [1.165, 1.54) is 24.5 Å². The standard InChI is InChI=1S/C15H19N5O6S/c1-25-9-13-17-10(8-26-13)15(23)18-27(2,24)12-5-16-20-4-3-19(6-11(12)20)14(22)7-21/h5,8,21H,3-4,6-7,9H2,1-2H3. The quantitative estimate of drug-likeness (QED) is 0.722. The van der Waals surface area contributed by atoms with Crippen LogP contribution in [-0.4, -0.2) is 67.3 Å². The molecule has 0 bridgehead atoms. The van der Waals surface area contributed by atoms with Gasteiger partial charge in [0, 0.05) is 19.9 Å². The molecule has 0 aromatic carbocycles. The van der Waals surface area contributed by atoms with E-state index in [2.05, 4.69) is 14.4 Å². The summed E-state index contributed by atoms with van der Waals surface area (Å²) in [5, 5.41) is 13.2. The second kappa shape index (κ2) is 7.58. The lowest BCUT2D eigenvalue weighted by molar-refractivity contribution is -0.135. The lowest BCUT2D eigenvalue weighted by atomic mass is 10.3. The lowest BCUT2D eigenvalue weighted by Crippen LogP contribution is -2.40.